The van der Waals surface area contributed by atoms with E-state index in [9.17, 15) is 0 Å². The standard InChI is InChI=1S/C16H17N5/c1-11(2)5-15(19)16-9-20-10-21(16)14-4-3-12(7-17)13(6-14)8-18/h3-4,6,9-11,15H,5,19H2,1-2H3. The Bertz CT molecular complexity index is 715. The predicted octanol–water partition coefficient (Wildman–Crippen LogP) is 2.66. The average molecular weight is 279 g/mol. The third-order valence-electron chi connectivity index (χ3n) is 3.29. The molecule has 0 bridgehead atoms. The van der Waals surface area contributed by atoms with Crippen LogP contribution in [0.5, 0.6) is 0 Å². The number of nitriles is 2. The molecule has 0 spiro atoms. The monoisotopic (exact) mass is 279 g/mol. The van der Waals surface area contributed by atoms with E-state index in [-0.39, 0.29) is 6.04 Å². The highest BCUT2D eigenvalue weighted by Gasteiger charge is 2.15. The van der Waals surface area contributed by atoms with Crippen LogP contribution in [0.2, 0.25) is 0 Å². The van der Waals surface area contributed by atoms with E-state index in [1.165, 1.54) is 0 Å². The van der Waals surface area contributed by atoms with Crippen molar-refractivity contribution >= 4 is 0 Å². The summed E-state index contributed by atoms with van der Waals surface area (Å²) in [6.45, 7) is 4.24. The lowest BCUT2D eigenvalue weighted by Gasteiger charge is -2.16. The number of nitrogens with two attached hydrogens (primary N) is 1. The van der Waals surface area contributed by atoms with Crippen LogP contribution in [0.3, 0.4) is 0 Å². The van der Waals surface area contributed by atoms with Crippen molar-refractivity contribution in [1.82, 2.24) is 9.55 Å². The Morgan fingerprint density at radius 2 is 1.95 bits per heavy atom. The van der Waals surface area contributed by atoms with Gasteiger partial charge >= 0.3 is 0 Å². The zero-order valence-corrected chi connectivity index (χ0v) is 12.1. The lowest BCUT2D eigenvalue weighted by Crippen LogP contribution is -2.16. The summed E-state index contributed by atoms with van der Waals surface area (Å²) in [6, 6.07) is 9.06. The maximum atomic E-state index is 9.12. The van der Waals surface area contributed by atoms with Crippen LogP contribution in [0.4, 0.5) is 0 Å². The fraction of sp³-hybridized carbons (Fsp3) is 0.312. The van der Waals surface area contributed by atoms with Crippen molar-refractivity contribution < 1.29 is 0 Å². The number of benzene rings is 1. The largest absolute Gasteiger partial charge is 0.323 e. The average Bonchev–Trinajstić information content (AvgIpc) is 2.95. The smallest absolute Gasteiger partial charge is 0.101 e. The molecule has 0 radical (unpaired) electrons. The molecule has 1 aromatic carbocycles. The van der Waals surface area contributed by atoms with Gasteiger partial charge < -0.3 is 10.3 Å². The first-order valence-corrected chi connectivity index (χ1v) is 6.79. The fourth-order valence-electron chi connectivity index (χ4n) is 2.30. The molecule has 0 aliphatic heterocycles. The Morgan fingerprint density at radius 1 is 1.24 bits per heavy atom. The van der Waals surface area contributed by atoms with Crippen molar-refractivity contribution in [3.05, 3.63) is 47.5 Å². The SMILES string of the molecule is CC(C)CC(N)c1cncn1-c1ccc(C#N)c(C#N)c1. The van der Waals surface area contributed by atoms with E-state index >= 15 is 0 Å². The van der Waals surface area contributed by atoms with Crippen LogP contribution in [0.25, 0.3) is 5.69 Å². The summed E-state index contributed by atoms with van der Waals surface area (Å²) < 4.78 is 1.87. The van der Waals surface area contributed by atoms with Gasteiger partial charge in [0.05, 0.1) is 29.3 Å². The first-order valence-electron chi connectivity index (χ1n) is 6.79. The molecular formula is C16H17N5. The van der Waals surface area contributed by atoms with E-state index in [4.69, 9.17) is 16.3 Å². The Balaban J connectivity index is 2.43. The van der Waals surface area contributed by atoms with Gasteiger partial charge in [0, 0.05) is 11.7 Å². The first-order chi connectivity index (χ1) is 10.1. The highest BCUT2D eigenvalue weighted by atomic mass is 15.1. The molecular weight excluding hydrogens is 262 g/mol. The van der Waals surface area contributed by atoms with E-state index in [1.807, 2.05) is 16.7 Å². The van der Waals surface area contributed by atoms with Crippen LogP contribution in [0.15, 0.2) is 30.7 Å². The molecule has 106 valence electrons. The number of hydrogen-bond donors (Lipinski definition) is 1. The summed E-state index contributed by atoms with van der Waals surface area (Å²) in [5.41, 5.74) is 8.64. The van der Waals surface area contributed by atoms with Crippen molar-refractivity contribution in [3.63, 3.8) is 0 Å². The zero-order chi connectivity index (χ0) is 15.4. The van der Waals surface area contributed by atoms with Gasteiger partial charge in [-0.25, -0.2) is 4.98 Å². The maximum Gasteiger partial charge on any atom is 0.101 e. The molecule has 0 saturated carbocycles. The molecule has 2 aromatic rings. The number of aromatic nitrogens is 2. The second-order valence-electron chi connectivity index (χ2n) is 5.38. The van der Waals surface area contributed by atoms with E-state index in [0.29, 0.717) is 17.0 Å². The van der Waals surface area contributed by atoms with Crippen LogP contribution in [0.1, 0.15) is 43.1 Å². The third kappa shape index (κ3) is 3.10. The van der Waals surface area contributed by atoms with Crippen LogP contribution < -0.4 is 5.73 Å². The maximum absolute atomic E-state index is 9.12. The fourth-order valence-corrected chi connectivity index (χ4v) is 2.30. The quantitative estimate of drug-likeness (QED) is 0.931. The molecule has 0 saturated heterocycles. The van der Waals surface area contributed by atoms with Crippen molar-refractivity contribution in [3.8, 4) is 17.8 Å². The van der Waals surface area contributed by atoms with Gasteiger partial charge in [-0.3, -0.25) is 0 Å². The van der Waals surface area contributed by atoms with Gasteiger partial charge in [0.25, 0.3) is 0 Å². The third-order valence-corrected chi connectivity index (χ3v) is 3.29. The molecule has 1 atom stereocenters. The second kappa shape index (κ2) is 6.21. The van der Waals surface area contributed by atoms with E-state index in [2.05, 4.69) is 18.8 Å². The zero-order valence-electron chi connectivity index (χ0n) is 12.1. The Kier molecular flexibility index (Phi) is 4.37. The van der Waals surface area contributed by atoms with E-state index in [1.54, 1.807) is 30.7 Å². The van der Waals surface area contributed by atoms with Gasteiger partial charge in [-0.05, 0) is 30.5 Å². The van der Waals surface area contributed by atoms with Crippen molar-refractivity contribution in [2.24, 2.45) is 11.7 Å². The summed E-state index contributed by atoms with van der Waals surface area (Å²) in [7, 11) is 0. The van der Waals surface area contributed by atoms with Gasteiger partial charge in [-0.1, -0.05) is 13.8 Å². The lowest BCUT2D eigenvalue weighted by molar-refractivity contribution is 0.498. The minimum absolute atomic E-state index is 0.117. The van der Waals surface area contributed by atoms with Crippen molar-refractivity contribution in [1.29, 1.82) is 10.5 Å². The molecule has 2 rings (SSSR count). The van der Waals surface area contributed by atoms with Gasteiger partial charge in [-0.2, -0.15) is 10.5 Å². The molecule has 21 heavy (non-hydrogen) atoms. The second-order valence-corrected chi connectivity index (χ2v) is 5.38. The van der Waals surface area contributed by atoms with Crippen LogP contribution in [-0.2, 0) is 0 Å². The Hall–Kier alpha value is -2.63. The molecule has 0 aliphatic carbocycles. The summed E-state index contributed by atoms with van der Waals surface area (Å²) in [4.78, 5) is 4.16. The lowest BCUT2D eigenvalue weighted by atomic mass is 10.0. The van der Waals surface area contributed by atoms with E-state index in [0.717, 1.165) is 17.8 Å². The summed E-state index contributed by atoms with van der Waals surface area (Å²) >= 11 is 0. The summed E-state index contributed by atoms with van der Waals surface area (Å²) in [6.07, 6.45) is 4.28. The van der Waals surface area contributed by atoms with Gasteiger partial charge in [0.15, 0.2) is 0 Å². The van der Waals surface area contributed by atoms with Gasteiger partial charge in [-0.15, -0.1) is 0 Å². The highest BCUT2D eigenvalue weighted by molar-refractivity contribution is 5.52. The Labute approximate surface area is 124 Å². The molecule has 5 heteroatoms. The number of nitrogens with zero attached hydrogens (tertiary/aromatic N) is 4. The number of hydrogen-bond acceptors (Lipinski definition) is 4. The molecule has 1 unspecified atom stereocenters. The number of rotatable bonds is 4. The normalized spacial score (nSPS) is 11.9. The number of imidazole rings is 1. The molecule has 5 nitrogen and oxygen atoms in total. The van der Waals surface area contributed by atoms with Crippen molar-refractivity contribution in [2.45, 2.75) is 26.3 Å². The van der Waals surface area contributed by atoms with E-state index < -0.39 is 0 Å². The minimum atomic E-state index is -0.117. The van der Waals surface area contributed by atoms with Crippen LogP contribution in [0, 0.1) is 28.6 Å². The molecule has 0 amide bonds. The Morgan fingerprint density at radius 3 is 2.57 bits per heavy atom. The summed E-state index contributed by atoms with van der Waals surface area (Å²) in [5, 5.41) is 18.1. The van der Waals surface area contributed by atoms with Gasteiger partial charge in [0.2, 0.25) is 0 Å². The highest BCUT2D eigenvalue weighted by Crippen LogP contribution is 2.22. The molecule has 2 N–H and O–H groups in total. The van der Waals surface area contributed by atoms with Crippen LogP contribution >= 0.6 is 0 Å². The summed E-state index contributed by atoms with van der Waals surface area (Å²) in [5.74, 6) is 0.485. The van der Waals surface area contributed by atoms with Crippen LogP contribution in [-0.4, -0.2) is 9.55 Å². The molecule has 0 fully saturated rings. The topological polar surface area (TPSA) is 91.4 Å². The molecule has 1 heterocycles. The van der Waals surface area contributed by atoms with Crippen molar-refractivity contribution in [2.75, 3.05) is 0 Å². The predicted molar refractivity (Wildman–Crippen MR) is 79.4 cm³/mol. The van der Waals surface area contributed by atoms with Gasteiger partial charge in [0.1, 0.15) is 12.1 Å². The molecule has 1 aromatic heterocycles. The minimum Gasteiger partial charge on any atom is -0.323 e. The first kappa shape index (κ1) is 14.8. The molecule has 0 aliphatic rings.